The molecular weight excluding hydrogens is 228 g/mol. The normalized spacial score (nSPS) is 13.1. The molecule has 3 heteroatoms. The monoisotopic (exact) mass is 250 g/mol. The third kappa shape index (κ3) is 4.06. The number of benzene rings is 1. The van der Waals surface area contributed by atoms with E-state index < -0.39 is 0 Å². The summed E-state index contributed by atoms with van der Waals surface area (Å²) in [5.41, 5.74) is 1.06. The maximum absolute atomic E-state index is 11.3. The van der Waals surface area contributed by atoms with Crippen molar-refractivity contribution in [3.8, 4) is 5.75 Å². The molecule has 100 valence electrons. The van der Waals surface area contributed by atoms with Crippen LogP contribution < -0.4 is 0 Å². The highest BCUT2D eigenvalue weighted by Crippen LogP contribution is 2.35. The smallest absolute Gasteiger partial charge is 0.305 e. The molecule has 0 aliphatic rings. The zero-order valence-electron chi connectivity index (χ0n) is 11.6. The van der Waals surface area contributed by atoms with Gasteiger partial charge in [0.2, 0.25) is 0 Å². The molecule has 0 saturated heterocycles. The van der Waals surface area contributed by atoms with E-state index in [0.29, 0.717) is 13.0 Å². The Bertz CT molecular complexity index is 387. The van der Waals surface area contributed by atoms with Crippen molar-refractivity contribution < 1.29 is 14.6 Å². The largest absolute Gasteiger partial charge is 0.508 e. The first-order valence-corrected chi connectivity index (χ1v) is 6.29. The molecule has 0 saturated carbocycles. The highest BCUT2D eigenvalue weighted by Gasteiger charge is 2.27. The number of rotatable bonds is 4. The van der Waals surface area contributed by atoms with Crippen LogP contribution in [0.2, 0.25) is 0 Å². The molecule has 0 aliphatic heterocycles. The van der Waals surface area contributed by atoms with Crippen LogP contribution in [0, 0.1) is 5.41 Å². The van der Waals surface area contributed by atoms with E-state index in [0.717, 1.165) is 5.56 Å². The second-order valence-corrected chi connectivity index (χ2v) is 5.55. The summed E-state index contributed by atoms with van der Waals surface area (Å²) in [5.74, 6) is 0.189. The fourth-order valence-corrected chi connectivity index (χ4v) is 1.83. The first kappa shape index (κ1) is 14.6. The van der Waals surface area contributed by atoms with Gasteiger partial charge in [-0.05, 0) is 23.1 Å². The molecule has 1 aromatic carbocycles. The molecule has 0 amide bonds. The van der Waals surface area contributed by atoms with Gasteiger partial charge in [-0.1, -0.05) is 39.8 Å². The van der Waals surface area contributed by atoms with Crippen molar-refractivity contribution in [2.75, 3.05) is 6.61 Å². The third-order valence-electron chi connectivity index (χ3n) is 3.04. The van der Waals surface area contributed by atoms with Crippen molar-refractivity contribution >= 4 is 5.97 Å². The summed E-state index contributed by atoms with van der Waals surface area (Å²) in [6.45, 7) is 8.51. The van der Waals surface area contributed by atoms with Crippen molar-refractivity contribution in [3.05, 3.63) is 29.8 Å². The molecule has 1 unspecified atom stereocenters. The highest BCUT2D eigenvalue weighted by molar-refractivity contribution is 5.68. The average molecular weight is 250 g/mol. The molecule has 0 radical (unpaired) electrons. The fourth-order valence-electron chi connectivity index (χ4n) is 1.83. The summed E-state index contributed by atoms with van der Waals surface area (Å²) in [6.07, 6.45) is 0.395. The molecular formula is C15H22O3. The van der Waals surface area contributed by atoms with E-state index in [1.54, 1.807) is 19.1 Å². The van der Waals surface area contributed by atoms with E-state index in [2.05, 4.69) is 20.8 Å². The Kier molecular flexibility index (Phi) is 4.76. The van der Waals surface area contributed by atoms with E-state index in [1.807, 2.05) is 12.1 Å². The second kappa shape index (κ2) is 5.89. The lowest BCUT2D eigenvalue weighted by molar-refractivity contribution is -0.144. The van der Waals surface area contributed by atoms with E-state index in [9.17, 15) is 9.90 Å². The number of ether oxygens (including phenoxy) is 1. The lowest BCUT2D eigenvalue weighted by Gasteiger charge is -2.30. The zero-order valence-corrected chi connectivity index (χ0v) is 11.6. The van der Waals surface area contributed by atoms with Crippen molar-refractivity contribution in [1.82, 2.24) is 0 Å². The van der Waals surface area contributed by atoms with Gasteiger partial charge in [0.25, 0.3) is 0 Å². The number of hydrogen-bond donors (Lipinski definition) is 1. The van der Waals surface area contributed by atoms with Gasteiger partial charge in [-0.2, -0.15) is 0 Å². The Morgan fingerprint density at radius 3 is 2.28 bits per heavy atom. The molecule has 0 aliphatic carbocycles. The maximum atomic E-state index is 11.3. The Hall–Kier alpha value is -1.51. The molecule has 1 atom stereocenters. The summed E-state index contributed by atoms with van der Waals surface area (Å²) in [6, 6.07) is 7.08. The van der Waals surface area contributed by atoms with Crippen LogP contribution in [0.5, 0.6) is 5.75 Å². The third-order valence-corrected chi connectivity index (χ3v) is 3.04. The van der Waals surface area contributed by atoms with Crippen LogP contribution in [0.25, 0.3) is 0 Å². The first-order valence-electron chi connectivity index (χ1n) is 6.29. The van der Waals surface area contributed by atoms with Gasteiger partial charge in [0.05, 0.1) is 6.61 Å². The summed E-state index contributed by atoms with van der Waals surface area (Å²) in [7, 11) is 0. The van der Waals surface area contributed by atoms with Gasteiger partial charge in [-0.25, -0.2) is 0 Å². The standard InChI is InChI=1S/C15H22O3/c1-5-14(17)18-10-13(15(2,3)4)11-6-8-12(16)9-7-11/h6-9,13,16H,5,10H2,1-4H3. The quantitative estimate of drug-likeness (QED) is 0.832. The zero-order chi connectivity index (χ0) is 13.8. The Morgan fingerprint density at radius 2 is 1.83 bits per heavy atom. The minimum absolute atomic E-state index is 0.00893. The van der Waals surface area contributed by atoms with Crippen LogP contribution in [0.4, 0.5) is 0 Å². The van der Waals surface area contributed by atoms with E-state index in [-0.39, 0.29) is 23.1 Å². The van der Waals surface area contributed by atoms with E-state index >= 15 is 0 Å². The van der Waals surface area contributed by atoms with Crippen molar-refractivity contribution in [2.45, 2.75) is 40.0 Å². The van der Waals surface area contributed by atoms with Crippen LogP contribution in [0.3, 0.4) is 0 Å². The molecule has 3 nitrogen and oxygen atoms in total. The van der Waals surface area contributed by atoms with Crippen LogP contribution in [-0.4, -0.2) is 17.7 Å². The molecule has 0 aromatic heterocycles. The summed E-state index contributed by atoms with van der Waals surface area (Å²) < 4.78 is 5.26. The van der Waals surface area contributed by atoms with Crippen LogP contribution in [0.15, 0.2) is 24.3 Å². The van der Waals surface area contributed by atoms with Crippen molar-refractivity contribution in [2.24, 2.45) is 5.41 Å². The van der Waals surface area contributed by atoms with Crippen LogP contribution in [-0.2, 0) is 9.53 Å². The van der Waals surface area contributed by atoms with Gasteiger partial charge >= 0.3 is 5.97 Å². The highest BCUT2D eigenvalue weighted by atomic mass is 16.5. The Labute approximate surface area is 109 Å². The minimum atomic E-state index is -0.178. The number of carbonyl (C=O) groups excluding carboxylic acids is 1. The van der Waals surface area contributed by atoms with Gasteiger partial charge in [-0.3, -0.25) is 4.79 Å². The fraction of sp³-hybridized carbons (Fsp3) is 0.533. The van der Waals surface area contributed by atoms with Crippen molar-refractivity contribution in [3.63, 3.8) is 0 Å². The summed E-state index contributed by atoms with van der Waals surface area (Å²) in [4.78, 5) is 11.3. The lowest BCUT2D eigenvalue weighted by Crippen LogP contribution is -2.24. The van der Waals surface area contributed by atoms with Gasteiger partial charge in [0.15, 0.2) is 0 Å². The predicted molar refractivity (Wildman–Crippen MR) is 71.6 cm³/mol. The summed E-state index contributed by atoms with van der Waals surface area (Å²) in [5, 5.41) is 9.31. The predicted octanol–water partition coefficient (Wildman–Crippen LogP) is 3.48. The average Bonchev–Trinajstić information content (AvgIpc) is 2.29. The van der Waals surface area contributed by atoms with E-state index in [1.165, 1.54) is 0 Å². The second-order valence-electron chi connectivity index (χ2n) is 5.55. The molecule has 0 spiro atoms. The maximum Gasteiger partial charge on any atom is 0.305 e. The molecule has 1 aromatic rings. The molecule has 1 N–H and O–H groups in total. The first-order chi connectivity index (χ1) is 8.34. The number of aromatic hydroxyl groups is 1. The van der Waals surface area contributed by atoms with Gasteiger partial charge in [0.1, 0.15) is 5.75 Å². The number of phenols is 1. The van der Waals surface area contributed by atoms with Crippen LogP contribution >= 0.6 is 0 Å². The number of phenolic OH excluding ortho intramolecular Hbond substituents is 1. The number of carbonyl (C=O) groups is 1. The minimum Gasteiger partial charge on any atom is -0.508 e. The SMILES string of the molecule is CCC(=O)OCC(c1ccc(O)cc1)C(C)(C)C. The molecule has 0 fully saturated rings. The molecule has 18 heavy (non-hydrogen) atoms. The summed E-state index contributed by atoms with van der Waals surface area (Å²) >= 11 is 0. The lowest BCUT2D eigenvalue weighted by atomic mass is 9.77. The number of hydrogen-bond acceptors (Lipinski definition) is 3. The van der Waals surface area contributed by atoms with Gasteiger partial charge in [-0.15, -0.1) is 0 Å². The Morgan fingerprint density at radius 1 is 1.28 bits per heavy atom. The number of esters is 1. The topological polar surface area (TPSA) is 46.5 Å². The van der Waals surface area contributed by atoms with Crippen LogP contribution in [0.1, 0.15) is 45.6 Å². The van der Waals surface area contributed by atoms with Gasteiger partial charge < -0.3 is 9.84 Å². The molecule has 1 rings (SSSR count). The molecule has 0 heterocycles. The van der Waals surface area contributed by atoms with E-state index in [4.69, 9.17) is 4.74 Å². The van der Waals surface area contributed by atoms with Crippen molar-refractivity contribution in [1.29, 1.82) is 0 Å². The Balaban J connectivity index is 2.85. The molecule has 0 bridgehead atoms. The van der Waals surface area contributed by atoms with Gasteiger partial charge in [0, 0.05) is 12.3 Å².